The summed E-state index contributed by atoms with van der Waals surface area (Å²) in [6, 6.07) is 18.1. The molecule has 4 rings (SSSR count). The molecule has 0 spiro atoms. The average Bonchev–Trinajstić information content (AvgIpc) is 3.24. The number of hydrogen-bond acceptors (Lipinski definition) is 5. The topological polar surface area (TPSA) is 64.0 Å². The Morgan fingerprint density at radius 3 is 2.79 bits per heavy atom. The molecule has 0 aliphatic heterocycles. The molecule has 2 aromatic heterocycles. The molecule has 0 unspecified atom stereocenters. The molecule has 1 amide bonds. The van der Waals surface area contributed by atoms with E-state index in [1.807, 2.05) is 23.6 Å². The largest absolute Gasteiger partial charge is 0.350 e. The van der Waals surface area contributed by atoms with E-state index in [9.17, 15) is 9.59 Å². The van der Waals surface area contributed by atoms with Crippen molar-refractivity contribution in [1.82, 2.24) is 14.9 Å². The number of carbonyl (C=O) groups excluding carboxylic acids is 1. The van der Waals surface area contributed by atoms with Crippen molar-refractivity contribution in [3.05, 3.63) is 86.3 Å². The highest BCUT2D eigenvalue weighted by Crippen LogP contribution is 2.23. The number of thiophene rings is 1. The zero-order valence-corrected chi connectivity index (χ0v) is 17.6. The average molecular weight is 442 g/mol. The number of carbonyl (C=O) groups is 1. The minimum absolute atomic E-state index is 0.122. The summed E-state index contributed by atoms with van der Waals surface area (Å²) < 4.78 is 1.51. The first kappa shape index (κ1) is 19.7. The fraction of sp³-hybridized carbons (Fsp3) is 0.0952. The van der Waals surface area contributed by atoms with Crippen molar-refractivity contribution in [1.29, 1.82) is 0 Å². The van der Waals surface area contributed by atoms with Gasteiger partial charge < -0.3 is 5.32 Å². The maximum atomic E-state index is 13.2. The number of fused-ring (bicyclic) bond motifs is 1. The van der Waals surface area contributed by atoms with Crippen molar-refractivity contribution in [3.63, 3.8) is 0 Å². The number of benzene rings is 2. The van der Waals surface area contributed by atoms with Gasteiger partial charge in [0.1, 0.15) is 0 Å². The maximum absolute atomic E-state index is 13.2. The number of para-hydroxylation sites is 1. The predicted octanol–water partition coefficient (Wildman–Crippen LogP) is 4.51. The second kappa shape index (κ2) is 8.82. The molecule has 0 saturated carbocycles. The number of rotatable bonds is 6. The van der Waals surface area contributed by atoms with Crippen molar-refractivity contribution >= 4 is 51.5 Å². The zero-order chi connectivity index (χ0) is 20.2. The third-order valence-electron chi connectivity index (χ3n) is 4.18. The molecule has 0 aliphatic rings. The molecule has 5 nitrogen and oxygen atoms in total. The van der Waals surface area contributed by atoms with Gasteiger partial charge in [0.05, 0.1) is 28.9 Å². The SMILES string of the molecule is O=C(CSc1nc2ccccc2c(=O)n1-c1cccc(Cl)c1)NCc1cccs1. The van der Waals surface area contributed by atoms with Crippen molar-refractivity contribution in [3.8, 4) is 5.69 Å². The Bertz CT molecular complexity index is 1220. The van der Waals surface area contributed by atoms with Gasteiger partial charge in [-0.15, -0.1) is 11.3 Å². The van der Waals surface area contributed by atoms with Crippen LogP contribution < -0.4 is 10.9 Å². The number of thioether (sulfide) groups is 1. The van der Waals surface area contributed by atoms with Crippen molar-refractivity contribution in [2.75, 3.05) is 5.75 Å². The summed E-state index contributed by atoms with van der Waals surface area (Å²) in [5.74, 6) is 0.0277. The quantitative estimate of drug-likeness (QED) is 0.353. The Hall–Kier alpha value is -2.61. The van der Waals surface area contributed by atoms with Gasteiger partial charge in [-0.3, -0.25) is 14.2 Å². The minimum atomic E-state index is -0.195. The molecule has 0 radical (unpaired) electrons. The Labute approximate surface area is 180 Å². The lowest BCUT2D eigenvalue weighted by Gasteiger charge is -2.13. The van der Waals surface area contributed by atoms with Gasteiger partial charge in [-0.2, -0.15) is 0 Å². The van der Waals surface area contributed by atoms with Crippen LogP contribution in [0.3, 0.4) is 0 Å². The van der Waals surface area contributed by atoms with Crippen LogP contribution >= 0.6 is 34.7 Å². The highest BCUT2D eigenvalue weighted by atomic mass is 35.5. The first-order valence-electron chi connectivity index (χ1n) is 8.81. The van der Waals surface area contributed by atoms with E-state index in [0.717, 1.165) is 4.88 Å². The van der Waals surface area contributed by atoms with Crippen LogP contribution in [0.5, 0.6) is 0 Å². The number of hydrogen-bond donors (Lipinski definition) is 1. The minimum Gasteiger partial charge on any atom is -0.350 e. The van der Waals surface area contributed by atoms with Crippen molar-refractivity contribution in [2.24, 2.45) is 0 Å². The Morgan fingerprint density at radius 2 is 2.00 bits per heavy atom. The van der Waals surface area contributed by atoms with E-state index in [4.69, 9.17) is 11.6 Å². The summed E-state index contributed by atoms with van der Waals surface area (Å²) in [6.07, 6.45) is 0. The summed E-state index contributed by atoms with van der Waals surface area (Å²) in [4.78, 5) is 31.2. The van der Waals surface area contributed by atoms with Gasteiger partial charge in [-0.25, -0.2) is 4.98 Å². The second-order valence-electron chi connectivity index (χ2n) is 6.18. The van der Waals surface area contributed by atoms with Crippen LogP contribution in [-0.4, -0.2) is 21.2 Å². The molecule has 0 atom stereocenters. The number of aromatic nitrogens is 2. The van der Waals surface area contributed by atoms with E-state index in [2.05, 4.69) is 10.3 Å². The lowest BCUT2D eigenvalue weighted by atomic mass is 10.2. The predicted molar refractivity (Wildman–Crippen MR) is 119 cm³/mol. The molecule has 0 bridgehead atoms. The normalized spacial score (nSPS) is 10.9. The van der Waals surface area contributed by atoms with E-state index in [1.54, 1.807) is 53.8 Å². The van der Waals surface area contributed by atoms with Crippen LogP contribution in [0, 0.1) is 0 Å². The van der Waals surface area contributed by atoms with Crippen LogP contribution in [-0.2, 0) is 11.3 Å². The molecule has 0 saturated heterocycles. The molecular formula is C21H16ClN3O2S2. The first-order chi connectivity index (χ1) is 14.1. The van der Waals surface area contributed by atoms with Gasteiger partial charge in [-0.05, 0) is 41.8 Å². The van der Waals surface area contributed by atoms with Gasteiger partial charge >= 0.3 is 0 Å². The molecule has 146 valence electrons. The van der Waals surface area contributed by atoms with E-state index >= 15 is 0 Å². The molecule has 0 aliphatic carbocycles. The van der Waals surface area contributed by atoms with E-state index in [1.165, 1.54) is 16.3 Å². The summed E-state index contributed by atoms with van der Waals surface area (Å²) in [5, 5.41) is 6.34. The Balaban J connectivity index is 1.64. The Morgan fingerprint density at radius 1 is 1.14 bits per heavy atom. The molecule has 1 N–H and O–H groups in total. The highest BCUT2D eigenvalue weighted by Gasteiger charge is 2.15. The van der Waals surface area contributed by atoms with Gasteiger partial charge in [0.25, 0.3) is 5.56 Å². The molecule has 4 aromatic rings. The zero-order valence-electron chi connectivity index (χ0n) is 15.2. The third-order valence-corrected chi connectivity index (χ3v) is 6.23. The molecule has 29 heavy (non-hydrogen) atoms. The van der Waals surface area contributed by atoms with Crippen LogP contribution in [0.15, 0.2) is 76.0 Å². The van der Waals surface area contributed by atoms with Crippen molar-refractivity contribution < 1.29 is 4.79 Å². The highest BCUT2D eigenvalue weighted by molar-refractivity contribution is 7.99. The first-order valence-corrected chi connectivity index (χ1v) is 11.1. The molecule has 0 fully saturated rings. The van der Waals surface area contributed by atoms with Gasteiger partial charge in [-0.1, -0.05) is 47.6 Å². The molecule has 2 heterocycles. The van der Waals surface area contributed by atoms with Crippen LogP contribution in [0.2, 0.25) is 5.02 Å². The van der Waals surface area contributed by atoms with Gasteiger partial charge in [0.2, 0.25) is 5.91 Å². The monoisotopic (exact) mass is 441 g/mol. The van der Waals surface area contributed by atoms with Crippen LogP contribution in [0.4, 0.5) is 0 Å². The number of halogens is 1. The standard InChI is InChI=1S/C21H16ClN3O2S2/c22-14-5-3-6-15(11-14)25-20(27)17-8-1-2-9-18(17)24-21(25)29-13-19(26)23-12-16-7-4-10-28-16/h1-11H,12-13H2,(H,23,26). The number of nitrogens with zero attached hydrogens (tertiary/aromatic N) is 2. The summed E-state index contributed by atoms with van der Waals surface area (Å²) in [7, 11) is 0. The van der Waals surface area contributed by atoms with Gasteiger partial charge in [0, 0.05) is 9.90 Å². The summed E-state index contributed by atoms with van der Waals surface area (Å²) in [5.41, 5.74) is 1.01. The molecule has 2 aromatic carbocycles. The van der Waals surface area contributed by atoms with E-state index in [0.29, 0.717) is 33.3 Å². The molecular weight excluding hydrogens is 426 g/mol. The maximum Gasteiger partial charge on any atom is 0.266 e. The Kier molecular flexibility index (Phi) is 5.99. The van der Waals surface area contributed by atoms with E-state index < -0.39 is 0 Å². The summed E-state index contributed by atoms with van der Waals surface area (Å²) in [6.45, 7) is 0.489. The summed E-state index contributed by atoms with van der Waals surface area (Å²) >= 11 is 8.94. The lowest BCUT2D eigenvalue weighted by molar-refractivity contribution is -0.118. The smallest absolute Gasteiger partial charge is 0.266 e. The van der Waals surface area contributed by atoms with Gasteiger partial charge in [0.15, 0.2) is 5.16 Å². The van der Waals surface area contributed by atoms with Crippen molar-refractivity contribution in [2.45, 2.75) is 11.7 Å². The van der Waals surface area contributed by atoms with E-state index in [-0.39, 0.29) is 17.2 Å². The second-order valence-corrected chi connectivity index (χ2v) is 8.59. The third kappa shape index (κ3) is 4.53. The molecule has 8 heteroatoms. The number of nitrogens with one attached hydrogen (secondary N) is 1. The fourth-order valence-corrected chi connectivity index (χ4v) is 4.50. The lowest BCUT2D eigenvalue weighted by Crippen LogP contribution is -2.26. The fourth-order valence-electron chi connectivity index (χ4n) is 2.83. The van der Waals surface area contributed by atoms with Crippen LogP contribution in [0.1, 0.15) is 4.88 Å². The van der Waals surface area contributed by atoms with Crippen LogP contribution in [0.25, 0.3) is 16.6 Å². The number of amides is 1.